The molecule has 0 spiro atoms. The van der Waals surface area contributed by atoms with Crippen molar-refractivity contribution >= 4 is 29.2 Å². The Kier molecular flexibility index (Phi) is 3.59. The lowest BCUT2D eigenvalue weighted by molar-refractivity contribution is -0.146. The van der Waals surface area contributed by atoms with Crippen LogP contribution in [-0.2, 0) is 14.9 Å². The van der Waals surface area contributed by atoms with Gasteiger partial charge in [0.25, 0.3) is 0 Å². The number of hydrogen-bond donors (Lipinski definition) is 0. The van der Waals surface area contributed by atoms with Crippen molar-refractivity contribution < 1.29 is 14.1 Å². The number of nitrogens with zero attached hydrogens (tertiary/aromatic N) is 3. The molecule has 1 aliphatic carbocycles. The SMILES string of the molecule is CCOC(=O)C1(c2nc(-c3ncc(Cl)cc3Cl)no2)CC1. The van der Waals surface area contributed by atoms with Gasteiger partial charge in [0.1, 0.15) is 11.1 Å². The van der Waals surface area contributed by atoms with Crippen molar-refractivity contribution in [2.24, 2.45) is 0 Å². The topological polar surface area (TPSA) is 78.1 Å². The highest BCUT2D eigenvalue weighted by atomic mass is 35.5. The van der Waals surface area contributed by atoms with Crippen molar-refractivity contribution in [1.82, 2.24) is 15.1 Å². The molecular weight excluding hydrogens is 317 g/mol. The van der Waals surface area contributed by atoms with Gasteiger partial charge in [-0.25, -0.2) is 4.98 Å². The molecule has 1 fully saturated rings. The molecule has 3 rings (SSSR count). The summed E-state index contributed by atoms with van der Waals surface area (Å²) in [6.45, 7) is 2.07. The first-order valence-electron chi connectivity index (χ1n) is 6.39. The summed E-state index contributed by atoms with van der Waals surface area (Å²) in [5.41, 5.74) is -0.448. The fourth-order valence-corrected chi connectivity index (χ4v) is 2.46. The minimum absolute atomic E-state index is 0.224. The second-order valence-electron chi connectivity index (χ2n) is 4.71. The lowest BCUT2D eigenvalue weighted by Gasteiger charge is -2.08. The molecule has 0 N–H and O–H groups in total. The number of rotatable bonds is 4. The van der Waals surface area contributed by atoms with Crippen molar-refractivity contribution in [3.05, 3.63) is 28.2 Å². The molecule has 2 aromatic rings. The molecule has 0 radical (unpaired) electrons. The molecule has 0 aromatic carbocycles. The average Bonchev–Trinajstić information content (AvgIpc) is 3.12. The van der Waals surface area contributed by atoms with Crippen LogP contribution in [0.25, 0.3) is 11.5 Å². The molecule has 6 nitrogen and oxygen atoms in total. The standard InChI is InChI=1S/C13H11Cl2N3O3/c1-2-20-12(19)13(3-4-13)11-17-10(18-21-11)9-8(15)5-7(14)6-16-9/h5-6H,2-4H2,1H3. The first-order valence-corrected chi connectivity index (χ1v) is 7.15. The van der Waals surface area contributed by atoms with Crippen molar-refractivity contribution in [3.63, 3.8) is 0 Å². The van der Waals surface area contributed by atoms with Gasteiger partial charge in [0.05, 0.1) is 16.7 Å². The molecule has 0 aliphatic heterocycles. The summed E-state index contributed by atoms with van der Waals surface area (Å²) in [7, 11) is 0. The number of carbonyl (C=O) groups is 1. The summed E-state index contributed by atoms with van der Waals surface area (Å²) < 4.78 is 10.3. The molecule has 2 aromatic heterocycles. The smallest absolute Gasteiger partial charge is 0.321 e. The van der Waals surface area contributed by atoms with Gasteiger partial charge in [-0.15, -0.1) is 0 Å². The Labute approximate surface area is 130 Å². The molecule has 1 saturated carbocycles. The van der Waals surface area contributed by atoms with E-state index in [0.29, 0.717) is 35.2 Å². The Hall–Kier alpha value is -1.66. The highest BCUT2D eigenvalue weighted by Crippen LogP contribution is 2.48. The number of ether oxygens (including phenoxy) is 1. The maximum atomic E-state index is 12.0. The fraction of sp³-hybridized carbons (Fsp3) is 0.385. The van der Waals surface area contributed by atoms with Gasteiger partial charge in [-0.05, 0) is 25.8 Å². The van der Waals surface area contributed by atoms with Crippen molar-refractivity contribution in [2.75, 3.05) is 6.61 Å². The Morgan fingerprint density at radius 1 is 1.48 bits per heavy atom. The normalized spacial score (nSPS) is 15.8. The van der Waals surface area contributed by atoms with Crippen LogP contribution in [0.4, 0.5) is 0 Å². The van der Waals surface area contributed by atoms with Gasteiger partial charge in [-0.3, -0.25) is 4.79 Å². The van der Waals surface area contributed by atoms with Crippen LogP contribution in [0.1, 0.15) is 25.7 Å². The molecule has 0 atom stereocenters. The van der Waals surface area contributed by atoms with Crippen LogP contribution in [0.5, 0.6) is 0 Å². The monoisotopic (exact) mass is 327 g/mol. The van der Waals surface area contributed by atoms with Crippen LogP contribution in [0.15, 0.2) is 16.8 Å². The number of carbonyl (C=O) groups excluding carboxylic acids is 1. The molecule has 110 valence electrons. The van der Waals surface area contributed by atoms with Gasteiger partial charge in [0.15, 0.2) is 0 Å². The summed E-state index contributed by atoms with van der Waals surface area (Å²) >= 11 is 11.9. The first-order chi connectivity index (χ1) is 10.1. The van der Waals surface area contributed by atoms with Crippen LogP contribution in [0.3, 0.4) is 0 Å². The van der Waals surface area contributed by atoms with E-state index >= 15 is 0 Å². The summed E-state index contributed by atoms with van der Waals surface area (Å²) in [4.78, 5) is 20.3. The third kappa shape index (κ3) is 2.49. The van der Waals surface area contributed by atoms with E-state index in [1.807, 2.05) is 0 Å². The Balaban J connectivity index is 1.92. The van der Waals surface area contributed by atoms with E-state index < -0.39 is 5.41 Å². The van der Waals surface area contributed by atoms with Crippen LogP contribution >= 0.6 is 23.2 Å². The number of aromatic nitrogens is 3. The number of pyridine rings is 1. The van der Waals surface area contributed by atoms with E-state index in [-0.39, 0.29) is 17.7 Å². The van der Waals surface area contributed by atoms with Crippen LogP contribution < -0.4 is 0 Å². The zero-order valence-corrected chi connectivity index (χ0v) is 12.6. The van der Waals surface area contributed by atoms with Gasteiger partial charge in [-0.2, -0.15) is 4.98 Å². The molecule has 0 bridgehead atoms. The Morgan fingerprint density at radius 2 is 2.24 bits per heavy atom. The van der Waals surface area contributed by atoms with E-state index in [1.54, 1.807) is 13.0 Å². The zero-order chi connectivity index (χ0) is 15.0. The van der Waals surface area contributed by atoms with Crippen molar-refractivity contribution in [3.8, 4) is 11.5 Å². The summed E-state index contributed by atoms with van der Waals surface area (Å²) in [6.07, 6.45) is 2.71. The molecule has 8 heteroatoms. The minimum Gasteiger partial charge on any atom is -0.465 e. The van der Waals surface area contributed by atoms with Gasteiger partial charge in [-0.1, -0.05) is 28.4 Å². The predicted octanol–water partition coefficient (Wildman–Crippen LogP) is 3.03. The summed E-state index contributed by atoms with van der Waals surface area (Å²) in [5, 5.41) is 4.57. The molecule has 0 amide bonds. The first kappa shape index (κ1) is 14.3. The number of hydrogen-bond acceptors (Lipinski definition) is 6. The van der Waals surface area contributed by atoms with Crippen molar-refractivity contribution in [1.29, 1.82) is 0 Å². The lowest BCUT2D eigenvalue weighted by Crippen LogP contribution is -2.23. The third-order valence-corrected chi connectivity index (χ3v) is 3.77. The van der Waals surface area contributed by atoms with Crippen LogP contribution in [-0.4, -0.2) is 27.7 Å². The molecular formula is C13H11Cl2N3O3. The number of halogens is 2. The predicted molar refractivity (Wildman–Crippen MR) is 75.1 cm³/mol. The van der Waals surface area contributed by atoms with Crippen LogP contribution in [0.2, 0.25) is 10.0 Å². The molecule has 21 heavy (non-hydrogen) atoms. The molecule has 1 aliphatic rings. The van der Waals surface area contributed by atoms with Gasteiger partial charge < -0.3 is 9.26 Å². The second kappa shape index (κ2) is 5.27. The minimum atomic E-state index is -0.805. The molecule has 2 heterocycles. The highest BCUT2D eigenvalue weighted by molar-refractivity contribution is 6.35. The van der Waals surface area contributed by atoms with Gasteiger partial charge in [0, 0.05) is 6.20 Å². The third-order valence-electron chi connectivity index (χ3n) is 3.27. The highest BCUT2D eigenvalue weighted by Gasteiger charge is 2.57. The average molecular weight is 328 g/mol. The quantitative estimate of drug-likeness (QED) is 0.803. The number of esters is 1. The summed E-state index contributed by atoms with van der Waals surface area (Å²) in [6, 6.07) is 1.54. The Bertz CT molecular complexity index is 698. The molecule has 0 saturated heterocycles. The van der Waals surface area contributed by atoms with E-state index in [2.05, 4.69) is 15.1 Å². The maximum absolute atomic E-state index is 12.0. The van der Waals surface area contributed by atoms with E-state index in [9.17, 15) is 4.79 Å². The van der Waals surface area contributed by atoms with Crippen molar-refractivity contribution in [2.45, 2.75) is 25.2 Å². The van der Waals surface area contributed by atoms with Gasteiger partial charge >= 0.3 is 5.97 Å². The maximum Gasteiger partial charge on any atom is 0.321 e. The van der Waals surface area contributed by atoms with E-state index in [4.69, 9.17) is 32.5 Å². The van der Waals surface area contributed by atoms with E-state index in [0.717, 1.165) is 0 Å². The van der Waals surface area contributed by atoms with Crippen LogP contribution in [0, 0.1) is 0 Å². The zero-order valence-electron chi connectivity index (χ0n) is 11.1. The largest absolute Gasteiger partial charge is 0.465 e. The Morgan fingerprint density at radius 3 is 2.86 bits per heavy atom. The summed E-state index contributed by atoms with van der Waals surface area (Å²) in [5.74, 6) is 0.126. The lowest BCUT2D eigenvalue weighted by atomic mass is 10.1. The fourth-order valence-electron chi connectivity index (χ4n) is 1.99. The second-order valence-corrected chi connectivity index (χ2v) is 5.55. The van der Waals surface area contributed by atoms with E-state index in [1.165, 1.54) is 6.20 Å². The molecule has 0 unspecified atom stereocenters. The van der Waals surface area contributed by atoms with Gasteiger partial charge in [0.2, 0.25) is 11.7 Å².